The Morgan fingerprint density at radius 3 is 2.38 bits per heavy atom. The largest absolute Gasteiger partial charge is 0.444 e. The van der Waals surface area contributed by atoms with E-state index in [1.165, 1.54) is 12.1 Å². The number of ether oxygens (including phenoxy) is 1. The summed E-state index contributed by atoms with van der Waals surface area (Å²) in [5.74, 6) is -0.636. The first-order valence-corrected chi connectivity index (χ1v) is 12.8. The van der Waals surface area contributed by atoms with E-state index in [1.807, 2.05) is 25.7 Å². The summed E-state index contributed by atoms with van der Waals surface area (Å²) in [4.78, 5) is 30.4. The van der Waals surface area contributed by atoms with Gasteiger partial charge in [-0.15, -0.1) is 0 Å². The summed E-state index contributed by atoms with van der Waals surface area (Å²) >= 11 is 0. The van der Waals surface area contributed by atoms with Crippen LogP contribution < -0.4 is 0 Å². The minimum Gasteiger partial charge on any atom is -0.444 e. The zero-order valence-electron chi connectivity index (χ0n) is 19.1. The lowest BCUT2D eigenvalue weighted by Gasteiger charge is -2.43. The zero-order chi connectivity index (χ0) is 23.7. The molecule has 0 spiro atoms. The Labute approximate surface area is 189 Å². The van der Waals surface area contributed by atoms with Gasteiger partial charge in [0.25, 0.3) is 0 Å². The molecule has 2 aliphatic rings. The molecule has 0 aromatic heterocycles. The molecule has 178 valence electrons. The predicted octanol–water partition coefficient (Wildman–Crippen LogP) is 3.26. The molecule has 1 aromatic carbocycles. The Kier molecular flexibility index (Phi) is 7.02. The van der Waals surface area contributed by atoms with Crippen molar-refractivity contribution in [3.8, 4) is 0 Å². The third-order valence-corrected chi connectivity index (χ3v) is 6.82. The molecule has 2 fully saturated rings. The van der Waals surface area contributed by atoms with Crippen molar-refractivity contribution < 1.29 is 27.1 Å². The van der Waals surface area contributed by atoms with Gasteiger partial charge in [-0.05, 0) is 52.2 Å². The fraction of sp³-hybridized carbons (Fsp3) is 0.636. The molecule has 0 N–H and O–H groups in total. The van der Waals surface area contributed by atoms with Crippen molar-refractivity contribution in [1.29, 1.82) is 0 Å². The molecule has 0 atom stereocenters. The topological polar surface area (TPSA) is 87.2 Å². The van der Waals surface area contributed by atoms with Crippen LogP contribution in [0.15, 0.2) is 23.1 Å². The van der Waals surface area contributed by atoms with E-state index in [9.17, 15) is 22.4 Å². The van der Waals surface area contributed by atoms with Crippen LogP contribution in [0.4, 0.5) is 14.0 Å². The average Bonchev–Trinajstić information content (AvgIpc) is 2.69. The molecule has 2 heterocycles. The maximum atomic E-state index is 14.5. The lowest BCUT2D eigenvalue weighted by atomic mass is 10.0. The standard InChI is InChI=1S/C22H32FN3O5S/c1-22(2,3)31-21(28)24-12-8-17(9-13-24)26-11-5-10-25(20(26)27)15-16-6-7-18(14-19(16)23)32(4,29)30/h6-7,14,17H,5,8-13,15H2,1-4H3. The van der Waals surface area contributed by atoms with Crippen LogP contribution in [-0.4, -0.2) is 79.3 Å². The first-order valence-electron chi connectivity index (χ1n) is 10.9. The highest BCUT2D eigenvalue weighted by atomic mass is 32.2. The lowest BCUT2D eigenvalue weighted by molar-refractivity contribution is 0.0141. The van der Waals surface area contributed by atoms with E-state index in [0.29, 0.717) is 39.0 Å². The molecular formula is C22H32FN3O5S. The van der Waals surface area contributed by atoms with Crippen LogP contribution in [0.25, 0.3) is 0 Å². The van der Waals surface area contributed by atoms with Crippen molar-refractivity contribution >= 4 is 22.0 Å². The van der Waals surface area contributed by atoms with Crippen molar-refractivity contribution in [3.63, 3.8) is 0 Å². The highest BCUT2D eigenvalue weighted by Crippen LogP contribution is 2.24. The van der Waals surface area contributed by atoms with E-state index < -0.39 is 21.3 Å². The van der Waals surface area contributed by atoms with Crippen molar-refractivity contribution in [2.75, 3.05) is 32.4 Å². The number of piperidine rings is 1. The predicted molar refractivity (Wildman–Crippen MR) is 117 cm³/mol. The molecule has 10 heteroatoms. The van der Waals surface area contributed by atoms with Gasteiger partial charge in [-0.3, -0.25) is 0 Å². The zero-order valence-corrected chi connectivity index (χ0v) is 20.0. The van der Waals surface area contributed by atoms with Crippen LogP contribution in [0.1, 0.15) is 45.6 Å². The number of amides is 3. The molecule has 3 amide bonds. The van der Waals surface area contributed by atoms with E-state index in [1.54, 1.807) is 9.80 Å². The van der Waals surface area contributed by atoms with E-state index in [2.05, 4.69) is 0 Å². The quantitative estimate of drug-likeness (QED) is 0.676. The van der Waals surface area contributed by atoms with Crippen LogP contribution in [0.3, 0.4) is 0 Å². The smallest absolute Gasteiger partial charge is 0.410 e. The fourth-order valence-corrected chi connectivity index (χ4v) is 4.70. The van der Waals surface area contributed by atoms with Crippen molar-refractivity contribution in [1.82, 2.24) is 14.7 Å². The number of carbonyl (C=O) groups excluding carboxylic acids is 2. The Morgan fingerprint density at radius 2 is 1.81 bits per heavy atom. The molecule has 0 aliphatic carbocycles. The second-order valence-corrected chi connectivity index (χ2v) is 11.5. The molecule has 0 unspecified atom stereocenters. The molecule has 0 saturated carbocycles. The van der Waals surface area contributed by atoms with Crippen LogP contribution in [-0.2, 0) is 21.1 Å². The molecule has 1 aromatic rings. The number of hydrogen-bond acceptors (Lipinski definition) is 5. The lowest BCUT2D eigenvalue weighted by Crippen LogP contribution is -2.56. The maximum Gasteiger partial charge on any atom is 0.410 e. The molecule has 32 heavy (non-hydrogen) atoms. The van der Waals surface area contributed by atoms with Gasteiger partial charge in [-0.25, -0.2) is 22.4 Å². The van der Waals surface area contributed by atoms with Gasteiger partial charge in [0.15, 0.2) is 9.84 Å². The summed E-state index contributed by atoms with van der Waals surface area (Å²) in [7, 11) is -3.50. The minimum absolute atomic E-state index is 0.0152. The number of carbonyl (C=O) groups is 2. The minimum atomic E-state index is -3.50. The van der Waals surface area contributed by atoms with Crippen molar-refractivity contribution in [3.05, 3.63) is 29.6 Å². The second-order valence-electron chi connectivity index (χ2n) is 9.48. The first kappa shape index (κ1) is 24.3. The summed E-state index contributed by atoms with van der Waals surface area (Å²) in [5.41, 5.74) is -0.265. The van der Waals surface area contributed by atoms with Crippen molar-refractivity contribution in [2.45, 2.75) is 63.1 Å². The number of sulfone groups is 1. The van der Waals surface area contributed by atoms with Gasteiger partial charge in [0.1, 0.15) is 11.4 Å². The Morgan fingerprint density at radius 1 is 1.16 bits per heavy atom. The molecule has 8 nitrogen and oxygen atoms in total. The fourth-order valence-electron chi connectivity index (χ4n) is 4.07. The number of benzene rings is 1. The molecule has 2 saturated heterocycles. The number of nitrogens with zero attached hydrogens (tertiary/aromatic N) is 3. The summed E-state index contributed by atoms with van der Waals surface area (Å²) in [6.07, 6.45) is 2.78. The molecule has 3 rings (SSSR count). The number of urea groups is 1. The van der Waals surface area contributed by atoms with Crippen LogP contribution in [0.5, 0.6) is 0 Å². The summed E-state index contributed by atoms with van der Waals surface area (Å²) in [5, 5.41) is 0. The van der Waals surface area contributed by atoms with Gasteiger partial charge in [0.2, 0.25) is 0 Å². The highest BCUT2D eigenvalue weighted by molar-refractivity contribution is 7.90. The molecular weight excluding hydrogens is 437 g/mol. The van der Waals surface area contributed by atoms with Crippen LogP contribution in [0, 0.1) is 5.82 Å². The Bertz CT molecular complexity index is 968. The third kappa shape index (κ3) is 5.90. The van der Waals surface area contributed by atoms with Gasteiger partial charge in [0.05, 0.1) is 11.4 Å². The van der Waals surface area contributed by atoms with Gasteiger partial charge < -0.3 is 19.4 Å². The molecule has 0 radical (unpaired) electrons. The Hall–Kier alpha value is -2.36. The van der Waals surface area contributed by atoms with Crippen LogP contribution in [0.2, 0.25) is 0 Å². The summed E-state index contributed by atoms with van der Waals surface area (Å²) in [6, 6.07) is 3.66. The van der Waals surface area contributed by atoms with E-state index >= 15 is 0 Å². The SMILES string of the molecule is CC(C)(C)OC(=O)N1CCC(N2CCCN(Cc3ccc(S(C)(=O)=O)cc3F)C2=O)CC1. The van der Waals surface area contributed by atoms with Crippen LogP contribution >= 0.6 is 0 Å². The summed E-state index contributed by atoms with van der Waals surface area (Å²) in [6.45, 7) is 7.75. The number of hydrogen-bond donors (Lipinski definition) is 0. The number of rotatable bonds is 4. The maximum absolute atomic E-state index is 14.5. The van der Waals surface area contributed by atoms with Crippen molar-refractivity contribution in [2.24, 2.45) is 0 Å². The summed E-state index contributed by atoms with van der Waals surface area (Å²) < 4.78 is 43.2. The number of halogens is 1. The van der Waals surface area contributed by atoms with Gasteiger partial charge >= 0.3 is 12.1 Å². The first-order chi connectivity index (χ1) is 14.8. The monoisotopic (exact) mass is 469 g/mol. The molecule has 0 bridgehead atoms. The second kappa shape index (κ2) is 9.25. The normalized spacial score (nSPS) is 18.8. The van der Waals surface area contributed by atoms with E-state index in [-0.39, 0.29) is 35.2 Å². The van der Waals surface area contributed by atoms with Gasteiger partial charge in [-0.1, -0.05) is 6.07 Å². The van der Waals surface area contributed by atoms with Gasteiger partial charge in [0, 0.05) is 44.0 Å². The highest BCUT2D eigenvalue weighted by Gasteiger charge is 2.35. The number of likely N-dealkylation sites (tertiary alicyclic amines) is 1. The van der Waals surface area contributed by atoms with E-state index in [0.717, 1.165) is 18.7 Å². The molecule has 2 aliphatic heterocycles. The van der Waals surface area contributed by atoms with E-state index in [4.69, 9.17) is 4.74 Å². The Balaban J connectivity index is 1.61. The average molecular weight is 470 g/mol. The third-order valence-electron chi connectivity index (χ3n) is 5.71. The van der Waals surface area contributed by atoms with Gasteiger partial charge in [-0.2, -0.15) is 0 Å².